The van der Waals surface area contributed by atoms with Crippen LogP contribution in [0.4, 0.5) is 17.3 Å². The van der Waals surface area contributed by atoms with E-state index in [2.05, 4.69) is 5.10 Å². The molecule has 2 aromatic heterocycles. The van der Waals surface area contributed by atoms with E-state index < -0.39 is 0 Å². The number of amides is 1. The second-order valence-electron chi connectivity index (χ2n) is 6.59. The minimum Gasteiger partial charge on any atom is -0.399 e. The third kappa shape index (κ3) is 2.59. The maximum atomic E-state index is 12.1. The van der Waals surface area contributed by atoms with Gasteiger partial charge in [-0.05, 0) is 23.8 Å². The molecule has 1 aliphatic rings. The molecule has 1 aliphatic heterocycles. The van der Waals surface area contributed by atoms with Crippen LogP contribution in [-0.4, -0.2) is 52.3 Å². The number of rotatable bonds is 2. The minimum absolute atomic E-state index is 0.0803. The second kappa shape index (κ2) is 5.91. The van der Waals surface area contributed by atoms with Crippen molar-refractivity contribution in [3.63, 3.8) is 0 Å². The quantitative estimate of drug-likeness (QED) is 0.669. The van der Waals surface area contributed by atoms with Crippen molar-refractivity contribution in [1.29, 1.82) is 0 Å². The van der Waals surface area contributed by atoms with Crippen molar-refractivity contribution in [2.45, 2.75) is 0 Å². The predicted octanol–water partition coefficient (Wildman–Crippen LogP) is 1.08. The van der Waals surface area contributed by atoms with Gasteiger partial charge in [0.25, 0.3) is 0 Å². The van der Waals surface area contributed by atoms with Gasteiger partial charge in [0.1, 0.15) is 5.82 Å². The van der Waals surface area contributed by atoms with Crippen LogP contribution in [0.15, 0.2) is 30.3 Å². The number of carbonyl (C=O) groups excluding carboxylic acids is 1. The second-order valence-corrected chi connectivity index (χ2v) is 6.59. The molecule has 4 N–H and O–H groups in total. The Morgan fingerprint density at radius 3 is 2.50 bits per heavy atom. The summed E-state index contributed by atoms with van der Waals surface area (Å²) in [5.74, 6) is 1.26. The fourth-order valence-corrected chi connectivity index (χ4v) is 3.27. The van der Waals surface area contributed by atoms with E-state index >= 15 is 0 Å². The van der Waals surface area contributed by atoms with E-state index in [0.29, 0.717) is 30.2 Å². The highest BCUT2D eigenvalue weighted by Crippen LogP contribution is 2.35. The summed E-state index contributed by atoms with van der Waals surface area (Å²) in [5, 5.41) is 5.13. The number of piperazine rings is 1. The Kier molecular flexibility index (Phi) is 3.68. The average molecular weight is 351 g/mol. The van der Waals surface area contributed by atoms with Crippen LogP contribution in [0, 0.1) is 0 Å². The molecule has 4 rings (SSSR count). The number of benzene rings is 1. The number of fused-ring (bicyclic) bond motifs is 1. The van der Waals surface area contributed by atoms with Crippen molar-refractivity contribution in [3.8, 4) is 11.1 Å². The normalized spacial score (nSPS) is 15.1. The molecule has 1 saturated heterocycles. The fraction of sp³-hybridized carbons (Fsp3) is 0.278. The number of hydrogen-bond donors (Lipinski definition) is 2. The SMILES string of the molecule is CN1CCN(c2cc(-c3ccc(N)cc3)c3c(N)nn(C)c3n2)CC1=O. The Morgan fingerprint density at radius 1 is 1.08 bits per heavy atom. The first-order valence-electron chi connectivity index (χ1n) is 8.42. The van der Waals surface area contributed by atoms with Gasteiger partial charge in [-0.25, -0.2) is 9.67 Å². The first-order chi connectivity index (χ1) is 12.4. The first kappa shape index (κ1) is 16.2. The maximum Gasteiger partial charge on any atom is 0.241 e. The van der Waals surface area contributed by atoms with E-state index in [0.717, 1.165) is 28.9 Å². The standard InChI is InChI=1S/C18H21N7O/c1-23-7-8-25(10-15(23)26)14-9-13(11-3-5-12(19)6-4-11)16-17(20)22-24(2)18(16)21-14/h3-6,9H,7-8,10,19H2,1-2H3,(H2,20,22). The molecule has 0 bridgehead atoms. The van der Waals surface area contributed by atoms with E-state index in [9.17, 15) is 4.79 Å². The van der Waals surface area contributed by atoms with Crippen molar-refractivity contribution in [3.05, 3.63) is 30.3 Å². The molecule has 1 fully saturated rings. The van der Waals surface area contributed by atoms with E-state index in [1.807, 2.05) is 49.3 Å². The third-order valence-corrected chi connectivity index (χ3v) is 4.81. The lowest BCUT2D eigenvalue weighted by Gasteiger charge is -2.33. The molecule has 8 heteroatoms. The Hall–Kier alpha value is -3.29. The molecule has 0 unspecified atom stereocenters. The van der Waals surface area contributed by atoms with Crippen LogP contribution in [0.1, 0.15) is 0 Å². The van der Waals surface area contributed by atoms with Crippen LogP contribution in [0.2, 0.25) is 0 Å². The van der Waals surface area contributed by atoms with E-state index in [1.54, 1.807) is 9.58 Å². The number of hydrogen-bond acceptors (Lipinski definition) is 6. The number of nitrogens with two attached hydrogens (primary N) is 2. The van der Waals surface area contributed by atoms with Gasteiger partial charge in [0.2, 0.25) is 5.91 Å². The molecule has 1 amide bonds. The van der Waals surface area contributed by atoms with Gasteiger partial charge in [0.15, 0.2) is 11.5 Å². The van der Waals surface area contributed by atoms with Gasteiger partial charge in [-0.2, -0.15) is 5.10 Å². The molecule has 0 atom stereocenters. The zero-order valence-electron chi connectivity index (χ0n) is 14.8. The number of aromatic nitrogens is 3. The van der Waals surface area contributed by atoms with Gasteiger partial charge in [-0.15, -0.1) is 0 Å². The predicted molar refractivity (Wildman–Crippen MR) is 103 cm³/mol. The summed E-state index contributed by atoms with van der Waals surface area (Å²) in [5.41, 5.74) is 15.3. The first-order valence-corrected chi connectivity index (χ1v) is 8.42. The van der Waals surface area contributed by atoms with Crippen molar-refractivity contribution < 1.29 is 4.79 Å². The molecule has 134 valence electrons. The number of aryl methyl sites for hydroxylation is 1. The molecule has 0 spiro atoms. The molecule has 0 aliphatic carbocycles. The highest BCUT2D eigenvalue weighted by molar-refractivity contribution is 6.01. The van der Waals surface area contributed by atoms with Gasteiger partial charge in [-0.3, -0.25) is 4.79 Å². The average Bonchev–Trinajstić information content (AvgIpc) is 2.91. The van der Waals surface area contributed by atoms with Crippen LogP contribution in [-0.2, 0) is 11.8 Å². The molecule has 3 heterocycles. The van der Waals surface area contributed by atoms with Crippen LogP contribution in [0.25, 0.3) is 22.2 Å². The summed E-state index contributed by atoms with van der Waals surface area (Å²) in [7, 11) is 3.63. The van der Waals surface area contributed by atoms with Crippen molar-refractivity contribution in [2.24, 2.45) is 7.05 Å². The Morgan fingerprint density at radius 2 is 1.81 bits per heavy atom. The number of likely N-dealkylation sites (N-methyl/N-ethyl adjacent to an activating group) is 1. The fourth-order valence-electron chi connectivity index (χ4n) is 3.27. The molecule has 26 heavy (non-hydrogen) atoms. The lowest BCUT2D eigenvalue weighted by atomic mass is 10.0. The van der Waals surface area contributed by atoms with Gasteiger partial charge < -0.3 is 21.3 Å². The number of nitrogen functional groups attached to an aromatic ring is 2. The Bertz CT molecular complexity index is 993. The summed E-state index contributed by atoms with van der Waals surface area (Å²) >= 11 is 0. The summed E-state index contributed by atoms with van der Waals surface area (Å²) in [6.45, 7) is 1.71. The van der Waals surface area contributed by atoms with Gasteiger partial charge in [0, 0.05) is 38.4 Å². The lowest BCUT2D eigenvalue weighted by Crippen LogP contribution is -2.48. The number of nitrogens with zero attached hydrogens (tertiary/aromatic N) is 5. The van der Waals surface area contributed by atoms with E-state index in [1.165, 1.54) is 0 Å². The van der Waals surface area contributed by atoms with Gasteiger partial charge in [-0.1, -0.05) is 12.1 Å². The Labute approximate surface area is 151 Å². The van der Waals surface area contributed by atoms with Crippen LogP contribution in [0.3, 0.4) is 0 Å². The topological polar surface area (TPSA) is 106 Å². The molecule has 3 aromatic rings. The molecule has 0 radical (unpaired) electrons. The van der Waals surface area contributed by atoms with Crippen molar-refractivity contribution in [2.75, 3.05) is 43.0 Å². The summed E-state index contributed by atoms with van der Waals surface area (Å²) < 4.78 is 1.67. The molecule has 0 saturated carbocycles. The summed E-state index contributed by atoms with van der Waals surface area (Å²) in [6, 6.07) is 9.59. The third-order valence-electron chi connectivity index (χ3n) is 4.81. The van der Waals surface area contributed by atoms with E-state index in [4.69, 9.17) is 16.5 Å². The summed E-state index contributed by atoms with van der Waals surface area (Å²) in [6.07, 6.45) is 0. The number of pyridine rings is 1. The van der Waals surface area contributed by atoms with Crippen molar-refractivity contribution in [1.82, 2.24) is 19.7 Å². The van der Waals surface area contributed by atoms with E-state index in [-0.39, 0.29) is 5.91 Å². The largest absolute Gasteiger partial charge is 0.399 e. The van der Waals surface area contributed by atoms with Crippen molar-refractivity contribution >= 4 is 34.3 Å². The zero-order chi connectivity index (χ0) is 18.4. The Balaban J connectivity index is 1.89. The molecule has 1 aromatic carbocycles. The zero-order valence-corrected chi connectivity index (χ0v) is 14.8. The number of anilines is 3. The molecular formula is C18H21N7O. The van der Waals surface area contributed by atoms with Gasteiger partial charge >= 0.3 is 0 Å². The molecular weight excluding hydrogens is 330 g/mol. The summed E-state index contributed by atoms with van der Waals surface area (Å²) in [4.78, 5) is 20.6. The van der Waals surface area contributed by atoms with Gasteiger partial charge in [0.05, 0.1) is 11.9 Å². The smallest absolute Gasteiger partial charge is 0.241 e. The van der Waals surface area contributed by atoms with Crippen LogP contribution in [0.5, 0.6) is 0 Å². The van der Waals surface area contributed by atoms with Crippen LogP contribution >= 0.6 is 0 Å². The number of carbonyl (C=O) groups is 1. The molecule has 8 nitrogen and oxygen atoms in total. The minimum atomic E-state index is 0.0803. The maximum absolute atomic E-state index is 12.1. The lowest BCUT2D eigenvalue weighted by molar-refractivity contribution is -0.129. The monoisotopic (exact) mass is 351 g/mol. The highest BCUT2D eigenvalue weighted by atomic mass is 16.2. The van der Waals surface area contributed by atoms with Crippen LogP contribution < -0.4 is 16.4 Å². The highest BCUT2D eigenvalue weighted by Gasteiger charge is 2.24.